The van der Waals surface area contributed by atoms with Gasteiger partial charge in [0.05, 0.1) is 7.11 Å². The first-order valence-corrected chi connectivity index (χ1v) is 8.19. The van der Waals surface area contributed by atoms with Crippen molar-refractivity contribution >= 4 is 11.8 Å². The number of rotatable bonds is 6. The van der Waals surface area contributed by atoms with Gasteiger partial charge in [0.1, 0.15) is 11.5 Å². The molecule has 1 atom stereocenters. The first-order valence-electron chi connectivity index (χ1n) is 8.19. The third-order valence-electron chi connectivity index (χ3n) is 4.44. The lowest BCUT2D eigenvalue weighted by molar-refractivity contribution is -0.142. The van der Waals surface area contributed by atoms with Crippen molar-refractivity contribution in [3.63, 3.8) is 0 Å². The van der Waals surface area contributed by atoms with Gasteiger partial charge >= 0.3 is 5.97 Å². The molecule has 1 aliphatic rings. The molecule has 25 heavy (non-hydrogen) atoms. The molecule has 2 aromatic rings. The Morgan fingerprint density at radius 2 is 1.84 bits per heavy atom. The van der Waals surface area contributed by atoms with Gasteiger partial charge in [-0.1, -0.05) is 25.1 Å². The zero-order chi connectivity index (χ0) is 17.9. The highest BCUT2D eigenvalue weighted by Gasteiger charge is 2.44. The van der Waals surface area contributed by atoms with Crippen LogP contribution in [0.1, 0.15) is 29.3 Å². The Kier molecular flexibility index (Phi) is 4.74. The standard InChI is InChI=1S/C20H20O5/c1-3-20(12-15-6-4-5-7-17(15)25-20)19(22)14-8-10-16(11-9-14)24-13-18(21)23-2/h4-11H,3,12-13H2,1-2H3. The van der Waals surface area contributed by atoms with Crippen LogP contribution in [0.5, 0.6) is 11.5 Å². The molecule has 5 nitrogen and oxygen atoms in total. The van der Waals surface area contributed by atoms with Crippen LogP contribution in [0.4, 0.5) is 0 Å². The molecule has 0 saturated carbocycles. The van der Waals surface area contributed by atoms with E-state index in [9.17, 15) is 9.59 Å². The van der Waals surface area contributed by atoms with Crippen molar-refractivity contribution in [2.75, 3.05) is 13.7 Å². The van der Waals surface area contributed by atoms with Gasteiger partial charge in [0, 0.05) is 12.0 Å². The van der Waals surface area contributed by atoms with E-state index in [-0.39, 0.29) is 12.4 Å². The van der Waals surface area contributed by atoms with Crippen LogP contribution in [0.2, 0.25) is 0 Å². The number of benzene rings is 2. The molecule has 0 spiro atoms. The fourth-order valence-corrected chi connectivity index (χ4v) is 2.95. The van der Waals surface area contributed by atoms with E-state index in [1.54, 1.807) is 24.3 Å². The molecule has 0 radical (unpaired) electrons. The number of para-hydroxylation sites is 1. The number of ether oxygens (including phenoxy) is 3. The first-order chi connectivity index (χ1) is 12.1. The maximum Gasteiger partial charge on any atom is 0.343 e. The van der Waals surface area contributed by atoms with E-state index >= 15 is 0 Å². The molecule has 1 heterocycles. The molecule has 0 aromatic heterocycles. The predicted molar refractivity (Wildman–Crippen MR) is 92.1 cm³/mol. The number of carbonyl (C=O) groups excluding carboxylic acids is 2. The molecule has 3 rings (SSSR count). The lowest BCUT2D eigenvalue weighted by Crippen LogP contribution is -2.42. The number of fused-ring (bicyclic) bond motifs is 1. The number of esters is 1. The molecule has 2 aromatic carbocycles. The van der Waals surface area contributed by atoms with Crippen LogP contribution >= 0.6 is 0 Å². The molecule has 0 bridgehead atoms. The van der Waals surface area contributed by atoms with Crippen LogP contribution in [0.25, 0.3) is 0 Å². The average molecular weight is 340 g/mol. The van der Waals surface area contributed by atoms with Gasteiger partial charge in [-0.05, 0) is 42.3 Å². The van der Waals surface area contributed by atoms with Crippen molar-refractivity contribution in [3.05, 3.63) is 59.7 Å². The first kappa shape index (κ1) is 17.0. The maximum absolute atomic E-state index is 13.1. The van der Waals surface area contributed by atoms with Crippen LogP contribution in [-0.2, 0) is 16.0 Å². The normalized spacial score (nSPS) is 18.2. The van der Waals surface area contributed by atoms with Crippen LogP contribution in [0.3, 0.4) is 0 Å². The summed E-state index contributed by atoms with van der Waals surface area (Å²) in [6.45, 7) is 1.79. The Bertz CT molecular complexity index is 754. The van der Waals surface area contributed by atoms with Gasteiger partial charge in [-0.15, -0.1) is 0 Å². The minimum absolute atomic E-state index is 0.0503. The third kappa shape index (κ3) is 3.36. The van der Waals surface area contributed by atoms with E-state index in [0.717, 1.165) is 11.3 Å². The Labute approximate surface area is 146 Å². The summed E-state index contributed by atoms with van der Waals surface area (Å²) in [7, 11) is 1.30. The lowest BCUT2D eigenvalue weighted by Gasteiger charge is -2.26. The molecule has 130 valence electrons. The van der Waals surface area contributed by atoms with Crippen molar-refractivity contribution in [2.45, 2.75) is 25.4 Å². The Morgan fingerprint density at radius 3 is 2.48 bits per heavy atom. The van der Waals surface area contributed by atoms with Crippen LogP contribution in [0, 0.1) is 0 Å². The molecule has 0 saturated heterocycles. The largest absolute Gasteiger partial charge is 0.482 e. The summed E-state index contributed by atoms with van der Waals surface area (Å²) in [5.74, 6) is 0.770. The van der Waals surface area contributed by atoms with E-state index in [0.29, 0.717) is 24.2 Å². The van der Waals surface area contributed by atoms with Crippen molar-refractivity contribution in [1.29, 1.82) is 0 Å². The van der Waals surface area contributed by atoms with Crippen molar-refractivity contribution < 1.29 is 23.8 Å². The zero-order valence-corrected chi connectivity index (χ0v) is 14.3. The molecule has 5 heteroatoms. The SMILES string of the molecule is CCC1(C(=O)c2ccc(OCC(=O)OC)cc2)Cc2ccccc2O1. The van der Waals surface area contributed by atoms with E-state index in [1.807, 2.05) is 31.2 Å². The second-order valence-corrected chi connectivity index (χ2v) is 5.95. The van der Waals surface area contributed by atoms with E-state index in [2.05, 4.69) is 4.74 Å². The third-order valence-corrected chi connectivity index (χ3v) is 4.44. The summed E-state index contributed by atoms with van der Waals surface area (Å²) >= 11 is 0. The van der Waals surface area contributed by atoms with Crippen LogP contribution < -0.4 is 9.47 Å². The summed E-state index contributed by atoms with van der Waals surface area (Å²) < 4.78 is 15.9. The molecular weight excluding hydrogens is 320 g/mol. The number of hydrogen-bond donors (Lipinski definition) is 0. The van der Waals surface area contributed by atoms with E-state index in [1.165, 1.54) is 7.11 Å². The van der Waals surface area contributed by atoms with Crippen molar-refractivity contribution in [2.24, 2.45) is 0 Å². The maximum atomic E-state index is 13.1. The minimum atomic E-state index is -0.863. The number of ketones is 1. The van der Waals surface area contributed by atoms with Crippen LogP contribution in [-0.4, -0.2) is 31.1 Å². The molecule has 0 N–H and O–H groups in total. The van der Waals surface area contributed by atoms with Crippen LogP contribution in [0.15, 0.2) is 48.5 Å². The Balaban J connectivity index is 1.75. The topological polar surface area (TPSA) is 61.8 Å². The predicted octanol–water partition coefficient (Wildman–Crippen LogP) is 3.21. The number of hydrogen-bond acceptors (Lipinski definition) is 5. The van der Waals surface area contributed by atoms with Crippen molar-refractivity contribution in [3.8, 4) is 11.5 Å². The smallest absolute Gasteiger partial charge is 0.343 e. The van der Waals surface area contributed by atoms with E-state index < -0.39 is 11.6 Å². The van der Waals surface area contributed by atoms with Gasteiger partial charge < -0.3 is 14.2 Å². The highest BCUT2D eigenvalue weighted by Crippen LogP contribution is 2.39. The molecule has 1 aliphatic heterocycles. The minimum Gasteiger partial charge on any atom is -0.482 e. The summed E-state index contributed by atoms with van der Waals surface area (Å²) in [6.07, 6.45) is 1.15. The molecule has 0 amide bonds. The molecule has 0 fully saturated rings. The van der Waals surface area contributed by atoms with Gasteiger partial charge in [-0.25, -0.2) is 4.79 Å². The second-order valence-electron chi connectivity index (χ2n) is 5.95. The van der Waals surface area contributed by atoms with Gasteiger partial charge in [-0.3, -0.25) is 4.79 Å². The average Bonchev–Trinajstić information content (AvgIpc) is 3.06. The van der Waals surface area contributed by atoms with E-state index in [4.69, 9.17) is 9.47 Å². The fourth-order valence-electron chi connectivity index (χ4n) is 2.95. The number of carbonyl (C=O) groups is 2. The molecular formula is C20H20O5. The summed E-state index contributed by atoms with van der Waals surface area (Å²) in [5, 5.41) is 0. The van der Waals surface area contributed by atoms with Gasteiger partial charge in [0.15, 0.2) is 12.2 Å². The monoisotopic (exact) mass is 340 g/mol. The summed E-state index contributed by atoms with van der Waals surface area (Å²) in [6, 6.07) is 14.5. The fraction of sp³-hybridized carbons (Fsp3) is 0.300. The quantitative estimate of drug-likeness (QED) is 0.597. The van der Waals surface area contributed by atoms with Gasteiger partial charge in [0.25, 0.3) is 0 Å². The second kappa shape index (κ2) is 6.97. The Hall–Kier alpha value is -2.82. The van der Waals surface area contributed by atoms with Gasteiger partial charge in [0.2, 0.25) is 5.78 Å². The lowest BCUT2D eigenvalue weighted by atomic mass is 9.86. The number of Topliss-reactive ketones (excluding diaryl/α,β-unsaturated/α-hetero) is 1. The van der Waals surface area contributed by atoms with Crippen molar-refractivity contribution in [1.82, 2.24) is 0 Å². The zero-order valence-electron chi connectivity index (χ0n) is 14.3. The highest BCUT2D eigenvalue weighted by molar-refractivity contribution is 6.03. The van der Waals surface area contributed by atoms with Gasteiger partial charge in [-0.2, -0.15) is 0 Å². The number of methoxy groups -OCH3 is 1. The summed E-state index contributed by atoms with van der Waals surface area (Å²) in [5.41, 5.74) is 0.744. The summed E-state index contributed by atoms with van der Waals surface area (Å²) in [4.78, 5) is 24.2. The highest BCUT2D eigenvalue weighted by atomic mass is 16.6. The molecule has 1 unspecified atom stereocenters. The molecule has 0 aliphatic carbocycles. The Morgan fingerprint density at radius 1 is 1.12 bits per heavy atom.